The molecule has 3 rings (SSSR count). The van der Waals surface area contributed by atoms with Crippen molar-refractivity contribution in [2.75, 3.05) is 53.6 Å². The lowest BCUT2D eigenvalue weighted by atomic mass is 10.0. The number of rotatable bonds is 10. The van der Waals surface area contributed by atoms with Crippen molar-refractivity contribution in [3.05, 3.63) is 65.7 Å². The molecule has 1 heterocycles. The van der Waals surface area contributed by atoms with Crippen molar-refractivity contribution in [1.82, 2.24) is 20.4 Å². The van der Waals surface area contributed by atoms with Crippen LogP contribution in [0.25, 0.3) is 0 Å². The number of nitrogens with one attached hydrogen (secondary N) is 2. The van der Waals surface area contributed by atoms with Gasteiger partial charge >= 0.3 is 6.03 Å². The fraction of sp³-hybridized carbons (Fsp3) is 0.440. The van der Waals surface area contributed by atoms with Crippen LogP contribution in [0.1, 0.15) is 23.6 Å². The van der Waals surface area contributed by atoms with Crippen LogP contribution < -0.4 is 15.4 Å². The van der Waals surface area contributed by atoms with Gasteiger partial charge < -0.3 is 25.0 Å². The maximum atomic E-state index is 12.5. The molecular weight excluding hydrogens is 420 g/mol. The molecule has 2 N–H and O–H groups in total. The number of carbonyl (C=O) groups excluding carboxylic acids is 2. The first-order chi connectivity index (χ1) is 16.1. The van der Waals surface area contributed by atoms with E-state index in [1.165, 1.54) is 0 Å². The van der Waals surface area contributed by atoms with Crippen LogP contribution in [0, 0.1) is 0 Å². The summed E-state index contributed by atoms with van der Waals surface area (Å²) in [5.74, 6) is 0.712. The Kier molecular flexibility index (Phi) is 9.53. The predicted molar refractivity (Wildman–Crippen MR) is 127 cm³/mol. The first-order valence-corrected chi connectivity index (χ1v) is 11.3. The summed E-state index contributed by atoms with van der Waals surface area (Å²) in [4.78, 5) is 28.7. The van der Waals surface area contributed by atoms with Gasteiger partial charge in [-0.3, -0.25) is 9.69 Å². The monoisotopic (exact) mass is 454 g/mol. The molecule has 0 saturated carbocycles. The molecule has 2 aromatic carbocycles. The molecule has 0 bridgehead atoms. The summed E-state index contributed by atoms with van der Waals surface area (Å²) in [6, 6.07) is 17.6. The van der Waals surface area contributed by atoms with Crippen molar-refractivity contribution in [3.63, 3.8) is 0 Å². The Bertz CT molecular complexity index is 870. The standard InChI is InChI=1S/C25H34N4O4/c1-28(19-20-6-4-3-5-7-20)25(31)26-13-12-24(30)27-18-23(29-14-16-33-17-15-29)21-8-10-22(32-2)11-9-21/h3-11,23H,12-19H2,1-2H3,(H,26,31)(H,27,30). The number of benzene rings is 2. The molecule has 1 aliphatic heterocycles. The van der Waals surface area contributed by atoms with Crippen LogP contribution in [0.15, 0.2) is 54.6 Å². The Morgan fingerprint density at radius 3 is 2.42 bits per heavy atom. The van der Waals surface area contributed by atoms with Gasteiger partial charge in [-0.1, -0.05) is 42.5 Å². The first kappa shape index (κ1) is 24.5. The Morgan fingerprint density at radius 1 is 1.06 bits per heavy atom. The van der Waals surface area contributed by atoms with E-state index in [1.54, 1.807) is 19.1 Å². The third kappa shape index (κ3) is 7.76. The normalized spacial score (nSPS) is 14.8. The number of urea groups is 1. The van der Waals surface area contributed by atoms with Crippen molar-refractivity contribution >= 4 is 11.9 Å². The maximum Gasteiger partial charge on any atom is 0.317 e. The topological polar surface area (TPSA) is 83.1 Å². The van der Waals surface area contributed by atoms with Crippen LogP contribution >= 0.6 is 0 Å². The average molecular weight is 455 g/mol. The van der Waals surface area contributed by atoms with Crippen molar-refractivity contribution in [3.8, 4) is 5.75 Å². The van der Waals surface area contributed by atoms with Gasteiger partial charge in [0.05, 0.1) is 26.4 Å². The van der Waals surface area contributed by atoms with Crippen molar-refractivity contribution in [2.24, 2.45) is 0 Å². The molecule has 1 fully saturated rings. The zero-order valence-corrected chi connectivity index (χ0v) is 19.5. The fourth-order valence-corrected chi connectivity index (χ4v) is 3.82. The van der Waals surface area contributed by atoms with E-state index in [4.69, 9.17) is 9.47 Å². The number of methoxy groups -OCH3 is 1. The van der Waals surface area contributed by atoms with Gasteiger partial charge in [-0.2, -0.15) is 0 Å². The molecule has 0 aliphatic carbocycles. The number of nitrogens with zero attached hydrogens (tertiary/aromatic N) is 2. The van der Waals surface area contributed by atoms with Crippen LogP contribution in [0.4, 0.5) is 4.79 Å². The van der Waals surface area contributed by atoms with E-state index in [0.717, 1.165) is 30.0 Å². The lowest BCUT2D eigenvalue weighted by molar-refractivity contribution is -0.121. The summed E-state index contributed by atoms with van der Waals surface area (Å²) in [7, 11) is 3.39. The quantitative estimate of drug-likeness (QED) is 0.576. The van der Waals surface area contributed by atoms with Gasteiger partial charge in [-0.05, 0) is 23.3 Å². The highest BCUT2D eigenvalue weighted by molar-refractivity contribution is 5.78. The second kappa shape index (κ2) is 12.8. The van der Waals surface area contributed by atoms with Gasteiger partial charge in [-0.25, -0.2) is 4.79 Å². The fourth-order valence-electron chi connectivity index (χ4n) is 3.82. The van der Waals surface area contributed by atoms with E-state index in [2.05, 4.69) is 15.5 Å². The Balaban J connectivity index is 1.45. The minimum atomic E-state index is -0.198. The molecule has 0 radical (unpaired) electrons. The third-order valence-electron chi connectivity index (χ3n) is 5.72. The summed E-state index contributed by atoms with van der Waals surface area (Å²) in [5.41, 5.74) is 2.18. The summed E-state index contributed by atoms with van der Waals surface area (Å²) >= 11 is 0. The second-order valence-corrected chi connectivity index (χ2v) is 8.06. The van der Waals surface area contributed by atoms with E-state index < -0.39 is 0 Å². The molecule has 0 spiro atoms. The molecule has 3 amide bonds. The van der Waals surface area contributed by atoms with Crippen LogP contribution in [0.3, 0.4) is 0 Å². The van der Waals surface area contributed by atoms with Crippen molar-refractivity contribution < 1.29 is 19.1 Å². The molecule has 1 unspecified atom stereocenters. The maximum absolute atomic E-state index is 12.5. The highest BCUT2D eigenvalue weighted by Crippen LogP contribution is 2.23. The number of hydrogen-bond acceptors (Lipinski definition) is 5. The molecule has 8 nitrogen and oxygen atoms in total. The van der Waals surface area contributed by atoms with E-state index >= 15 is 0 Å². The van der Waals surface area contributed by atoms with Gasteiger partial charge in [0, 0.05) is 46.2 Å². The van der Waals surface area contributed by atoms with E-state index in [0.29, 0.717) is 26.3 Å². The number of hydrogen-bond donors (Lipinski definition) is 2. The number of ether oxygens (including phenoxy) is 2. The van der Waals surface area contributed by atoms with Crippen LogP contribution in [-0.4, -0.2) is 75.3 Å². The largest absolute Gasteiger partial charge is 0.497 e. The zero-order chi connectivity index (χ0) is 23.5. The summed E-state index contributed by atoms with van der Waals surface area (Å²) in [5, 5.41) is 5.85. The van der Waals surface area contributed by atoms with Crippen LogP contribution in [0.2, 0.25) is 0 Å². The number of morpholine rings is 1. The Morgan fingerprint density at radius 2 is 1.76 bits per heavy atom. The molecular formula is C25H34N4O4. The lowest BCUT2D eigenvalue weighted by Gasteiger charge is -2.35. The lowest BCUT2D eigenvalue weighted by Crippen LogP contribution is -2.44. The van der Waals surface area contributed by atoms with Gasteiger partial charge in [-0.15, -0.1) is 0 Å². The van der Waals surface area contributed by atoms with E-state index in [-0.39, 0.29) is 30.9 Å². The second-order valence-electron chi connectivity index (χ2n) is 8.06. The molecule has 2 aromatic rings. The summed E-state index contributed by atoms with van der Waals surface area (Å²) < 4.78 is 10.8. The van der Waals surface area contributed by atoms with Crippen LogP contribution in [0.5, 0.6) is 5.75 Å². The van der Waals surface area contributed by atoms with Gasteiger partial charge in [0.1, 0.15) is 5.75 Å². The molecule has 1 atom stereocenters. The van der Waals surface area contributed by atoms with E-state index in [1.807, 2.05) is 54.6 Å². The van der Waals surface area contributed by atoms with Crippen molar-refractivity contribution in [2.45, 2.75) is 19.0 Å². The van der Waals surface area contributed by atoms with Gasteiger partial charge in [0.2, 0.25) is 5.91 Å². The average Bonchev–Trinajstić information content (AvgIpc) is 2.85. The highest BCUT2D eigenvalue weighted by Gasteiger charge is 2.23. The molecule has 1 saturated heterocycles. The number of amides is 3. The minimum absolute atomic E-state index is 0.0513. The van der Waals surface area contributed by atoms with Crippen LogP contribution in [-0.2, 0) is 16.1 Å². The molecule has 0 aromatic heterocycles. The molecule has 178 valence electrons. The molecule has 8 heteroatoms. The van der Waals surface area contributed by atoms with E-state index in [9.17, 15) is 9.59 Å². The van der Waals surface area contributed by atoms with Crippen molar-refractivity contribution in [1.29, 1.82) is 0 Å². The minimum Gasteiger partial charge on any atom is -0.497 e. The van der Waals surface area contributed by atoms with Gasteiger partial charge in [0.15, 0.2) is 0 Å². The molecule has 33 heavy (non-hydrogen) atoms. The molecule has 1 aliphatic rings. The summed E-state index contributed by atoms with van der Waals surface area (Å²) in [6.07, 6.45) is 0.226. The smallest absolute Gasteiger partial charge is 0.317 e. The zero-order valence-electron chi connectivity index (χ0n) is 19.5. The third-order valence-corrected chi connectivity index (χ3v) is 5.72. The SMILES string of the molecule is COc1ccc(C(CNC(=O)CCNC(=O)N(C)Cc2ccccc2)N2CCOCC2)cc1. The first-order valence-electron chi connectivity index (χ1n) is 11.3. The predicted octanol–water partition coefficient (Wildman–Crippen LogP) is 2.42. The Labute approximate surface area is 195 Å². The number of carbonyl (C=O) groups is 2. The Hall–Kier alpha value is -3.10. The highest BCUT2D eigenvalue weighted by atomic mass is 16.5. The summed E-state index contributed by atoms with van der Waals surface area (Å²) in [6.45, 7) is 4.29. The van der Waals surface area contributed by atoms with Gasteiger partial charge in [0.25, 0.3) is 0 Å².